The van der Waals surface area contributed by atoms with Crippen LogP contribution in [-0.4, -0.2) is 30.3 Å². The summed E-state index contributed by atoms with van der Waals surface area (Å²) >= 11 is 1.28. The third-order valence-corrected chi connectivity index (χ3v) is 4.28. The molecule has 1 amide bonds. The van der Waals surface area contributed by atoms with Gasteiger partial charge >= 0.3 is 0 Å². The molecule has 1 aliphatic carbocycles. The highest BCUT2D eigenvalue weighted by Gasteiger charge is 2.34. The molecule has 0 spiro atoms. The van der Waals surface area contributed by atoms with E-state index < -0.39 is 0 Å². The second-order valence-electron chi connectivity index (χ2n) is 5.37. The van der Waals surface area contributed by atoms with Crippen molar-refractivity contribution < 1.29 is 9.59 Å². The minimum absolute atomic E-state index is 0.0497. The highest BCUT2D eigenvalue weighted by Crippen LogP contribution is 2.38. The van der Waals surface area contributed by atoms with Gasteiger partial charge in [-0.3, -0.25) is 14.5 Å². The number of aromatic nitrogens is 1. The molecular formula is C12H17N3O2S. The molecule has 18 heavy (non-hydrogen) atoms. The van der Waals surface area contributed by atoms with Crippen LogP contribution in [0.5, 0.6) is 0 Å². The van der Waals surface area contributed by atoms with Gasteiger partial charge in [0.2, 0.25) is 5.91 Å². The molecule has 0 atom stereocenters. The normalized spacial score (nSPS) is 17.4. The molecule has 1 aromatic heterocycles. The number of rotatable bonds is 2. The van der Waals surface area contributed by atoms with Crippen LogP contribution in [0.1, 0.15) is 35.6 Å². The number of fused-ring (bicyclic) bond motifs is 1. The first-order chi connectivity index (χ1) is 8.34. The molecule has 1 aliphatic rings. The summed E-state index contributed by atoms with van der Waals surface area (Å²) < 4.78 is 0. The fraction of sp³-hybridized carbons (Fsp3) is 0.583. The number of nitrogens with zero attached hydrogens (tertiary/aromatic N) is 2. The smallest absolute Gasteiger partial charge is 0.242 e. The number of hydrogen-bond donors (Lipinski definition) is 1. The van der Waals surface area contributed by atoms with Crippen molar-refractivity contribution in [1.29, 1.82) is 0 Å². The third kappa shape index (κ3) is 2.30. The zero-order valence-electron chi connectivity index (χ0n) is 10.8. The van der Waals surface area contributed by atoms with Gasteiger partial charge in [0.15, 0.2) is 10.9 Å². The second kappa shape index (κ2) is 4.44. The van der Waals surface area contributed by atoms with E-state index in [2.05, 4.69) is 18.8 Å². The molecule has 98 valence electrons. The van der Waals surface area contributed by atoms with E-state index in [1.165, 1.54) is 16.2 Å². The molecule has 5 nitrogen and oxygen atoms in total. The Labute approximate surface area is 110 Å². The molecule has 0 fully saturated rings. The van der Waals surface area contributed by atoms with E-state index in [4.69, 9.17) is 5.73 Å². The molecule has 1 aromatic rings. The van der Waals surface area contributed by atoms with E-state index in [-0.39, 0.29) is 23.7 Å². The molecule has 0 radical (unpaired) electrons. The van der Waals surface area contributed by atoms with Crippen molar-refractivity contribution in [2.24, 2.45) is 11.1 Å². The minimum Gasteiger partial charge on any atom is -0.322 e. The summed E-state index contributed by atoms with van der Waals surface area (Å²) in [5.41, 5.74) is 6.08. The van der Waals surface area contributed by atoms with Gasteiger partial charge in [0.05, 0.1) is 17.1 Å². The molecule has 2 rings (SSSR count). The zero-order valence-corrected chi connectivity index (χ0v) is 11.6. The van der Waals surface area contributed by atoms with Crippen molar-refractivity contribution in [2.45, 2.75) is 26.7 Å². The van der Waals surface area contributed by atoms with Crippen molar-refractivity contribution >= 4 is 28.2 Å². The SMILES string of the molecule is CN(C(=O)CN)c1nc2c(s1)C(=O)CC(C)(C)C2. The number of carbonyl (C=O) groups is 2. The first-order valence-electron chi connectivity index (χ1n) is 5.83. The minimum atomic E-state index is -0.201. The predicted octanol–water partition coefficient (Wildman–Crippen LogP) is 1.22. The van der Waals surface area contributed by atoms with Gasteiger partial charge < -0.3 is 5.73 Å². The topological polar surface area (TPSA) is 76.3 Å². The number of likely N-dealkylation sites (N-methyl/N-ethyl adjacent to an activating group) is 1. The summed E-state index contributed by atoms with van der Waals surface area (Å²) in [7, 11) is 1.63. The van der Waals surface area contributed by atoms with Crippen molar-refractivity contribution in [1.82, 2.24) is 4.98 Å². The first-order valence-corrected chi connectivity index (χ1v) is 6.65. The van der Waals surface area contributed by atoms with E-state index in [0.717, 1.165) is 12.1 Å². The Morgan fingerprint density at radius 2 is 2.17 bits per heavy atom. The average Bonchev–Trinajstić information content (AvgIpc) is 2.69. The maximum absolute atomic E-state index is 12.0. The lowest BCUT2D eigenvalue weighted by Crippen LogP contribution is -2.32. The van der Waals surface area contributed by atoms with Crippen LogP contribution >= 0.6 is 11.3 Å². The van der Waals surface area contributed by atoms with Gasteiger partial charge in [0, 0.05) is 13.5 Å². The van der Waals surface area contributed by atoms with Crippen LogP contribution < -0.4 is 10.6 Å². The van der Waals surface area contributed by atoms with Crippen molar-refractivity contribution in [3.63, 3.8) is 0 Å². The zero-order chi connectivity index (χ0) is 13.5. The monoisotopic (exact) mass is 267 g/mol. The van der Waals surface area contributed by atoms with E-state index in [0.29, 0.717) is 16.4 Å². The largest absolute Gasteiger partial charge is 0.322 e. The lowest BCUT2D eigenvalue weighted by Gasteiger charge is -2.26. The Morgan fingerprint density at radius 3 is 2.78 bits per heavy atom. The van der Waals surface area contributed by atoms with Gasteiger partial charge in [-0.2, -0.15) is 0 Å². The summed E-state index contributed by atoms with van der Waals surface area (Å²) in [6.45, 7) is 4.06. The second-order valence-corrected chi connectivity index (χ2v) is 6.35. The molecule has 0 aromatic carbocycles. The van der Waals surface area contributed by atoms with E-state index in [1.807, 2.05) is 0 Å². The van der Waals surface area contributed by atoms with Crippen LogP contribution in [0.2, 0.25) is 0 Å². The Morgan fingerprint density at radius 1 is 1.50 bits per heavy atom. The number of amides is 1. The molecular weight excluding hydrogens is 250 g/mol. The van der Waals surface area contributed by atoms with Crippen molar-refractivity contribution in [3.05, 3.63) is 10.6 Å². The van der Waals surface area contributed by atoms with E-state index in [9.17, 15) is 9.59 Å². The molecule has 1 heterocycles. The van der Waals surface area contributed by atoms with Crippen molar-refractivity contribution in [3.8, 4) is 0 Å². The standard InChI is InChI=1S/C12H17N3O2S/c1-12(2)4-7-10(8(16)5-12)18-11(14-7)15(3)9(17)6-13/h4-6,13H2,1-3H3. The number of anilines is 1. The summed E-state index contributed by atoms with van der Waals surface area (Å²) in [4.78, 5) is 30.1. The number of thiazole rings is 1. The fourth-order valence-electron chi connectivity index (χ4n) is 2.09. The highest BCUT2D eigenvalue weighted by molar-refractivity contribution is 7.17. The van der Waals surface area contributed by atoms with Gasteiger partial charge in [-0.1, -0.05) is 25.2 Å². The summed E-state index contributed by atoms with van der Waals surface area (Å²) in [6, 6.07) is 0. The number of nitrogens with two attached hydrogens (primary N) is 1. The quantitative estimate of drug-likeness (QED) is 0.874. The van der Waals surface area contributed by atoms with E-state index in [1.54, 1.807) is 7.05 Å². The van der Waals surface area contributed by atoms with Crippen LogP contribution in [0, 0.1) is 5.41 Å². The van der Waals surface area contributed by atoms with Crippen LogP contribution in [0.3, 0.4) is 0 Å². The van der Waals surface area contributed by atoms with Gasteiger partial charge in [0.1, 0.15) is 0 Å². The maximum atomic E-state index is 12.0. The Hall–Kier alpha value is -1.27. The van der Waals surface area contributed by atoms with Gasteiger partial charge in [-0.25, -0.2) is 4.98 Å². The molecule has 0 bridgehead atoms. The average molecular weight is 267 g/mol. The van der Waals surface area contributed by atoms with Crippen LogP contribution in [0.4, 0.5) is 5.13 Å². The van der Waals surface area contributed by atoms with Crippen LogP contribution in [0.25, 0.3) is 0 Å². The van der Waals surface area contributed by atoms with Crippen molar-refractivity contribution in [2.75, 3.05) is 18.5 Å². The molecule has 0 aliphatic heterocycles. The van der Waals surface area contributed by atoms with Crippen LogP contribution in [0.15, 0.2) is 0 Å². The molecule has 0 saturated carbocycles. The Bertz CT molecular complexity index is 507. The number of hydrogen-bond acceptors (Lipinski definition) is 5. The number of Topliss-reactive ketones (excluding diaryl/α,β-unsaturated/α-hetero) is 1. The predicted molar refractivity (Wildman–Crippen MR) is 71.0 cm³/mol. The Balaban J connectivity index is 2.35. The van der Waals surface area contributed by atoms with Gasteiger partial charge in [-0.05, 0) is 11.8 Å². The molecule has 2 N–H and O–H groups in total. The molecule has 6 heteroatoms. The Kier molecular flexibility index (Phi) is 3.25. The highest BCUT2D eigenvalue weighted by atomic mass is 32.1. The summed E-state index contributed by atoms with van der Waals surface area (Å²) in [5, 5.41) is 0.557. The molecule has 0 unspecified atom stereocenters. The lowest BCUT2D eigenvalue weighted by atomic mass is 9.78. The van der Waals surface area contributed by atoms with Gasteiger partial charge in [0.25, 0.3) is 0 Å². The first kappa shape index (κ1) is 13.2. The lowest BCUT2D eigenvalue weighted by molar-refractivity contribution is -0.117. The number of carbonyl (C=O) groups excluding carboxylic acids is 2. The molecule has 0 saturated heterocycles. The summed E-state index contributed by atoms with van der Waals surface area (Å²) in [6.07, 6.45) is 1.31. The van der Waals surface area contributed by atoms with Gasteiger partial charge in [-0.15, -0.1) is 0 Å². The summed E-state index contributed by atoms with van der Waals surface area (Å²) in [5.74, 6) is -0.0774. The fourth-order valence-corrected chi connectivity index (χ4v) is 3.09. The van der Waals surface area contributed by atoms with E-state index >= 15 is 0 Å². The number of ketones is 1. The van der Waals surface area contributed by atoms with Crippen LogP contribution in [-0.2, 0) is 11.2 Å². The maximum Gasteiger partial charge on any atom is 0.242 e. The third-order valence-electron chi connectivity index (χ3n) is 3.06.